The second kappa shape index (κ2) is 71.7. The van der Waals surface area contributed by atoms with Gasteiger partial charge in [0, 0.05) is 140 Å². The van der Waals surface area contributed by atoms with E-state index in [1.54, 1.807) is 12.1 Å². The van der Waals surface area contributed by atoms with Crippen molar-refractivity contribution in [1.29, 1.82) is 0 Å². The highest BCUT2D eigenvalue weighted by atomic mass is 32.2. The van der Waals surface area contributed by atoms with Crippen molar-refractivity contribution in [3.63, 3.8) is 0 Å². The number of alkyl carbamates (subject to hydrolysis) is 1. The molecule has 722 valence electrons. The van der Waals surface area contributed by atoms with E-state index in [2.05, 4.69) is 163 Å². The maximum absolute atomic E-state index is 13.1. The molecule has 0 saturated carbocycles. The molecule has 29 nitrogen and oxygen atoms in total. The van der Waals surface area contributed by atoms with E-state index in [0.717, 1.165) is 157 Å². The van der Waals surface area contributed by atoms with Crippen LogP contribution in [0.15, 0.2) is 41.3 Å². The molecular weight excluding hydrogens is 1710 g/mol. The van der Waals surface area contributed by atoms with Crippen LogP contribution < -0.4 is 25.6 Å². The Morgan fingerprint density at radius 1 is 0.552 bits per heavy atom. The standard InChI is InChI=1S/C27H43N4O4PS.C26H47N4O4PS.C20H40N3O4P.C16H33FN3O3P.2H2/c1-22(2)31(23(3)4)36(35-21-19-28-5)34-20-11-9-8-10-18-29-37(32,33)27-17-13-14-24-25(27)15-12-16-26(24)30(6)7;1-20(2)30(21(3)4)35(34-17-15-27-5)33-16-11-7-6-10-14-28-24(31)13-9-8-12-23-26-22(19-36-23)18-25(32)29-26;1-17(2)23(18(3)4)28(26-16-14-21-8)25-15-12-10-9-11-13-22-19(24)27-20(5,6)7;1-6-20(16(2)3)24(23-14-11-18-4)22-13-10-8-7-9-12-19(17)15-21-5;;/h12-17,22-23,29H,8-11,18-21H2,1-4,6-7H3;20-23,26H,6-19H2,1-4H3,(H,28,31)(H,29,32);17-18H,9-16H2,1-7H3,(H,22,24);16H,6-15H2,1-3,5H3;2*1H. The van der Waals surface area contributed by atoms with Gasteiger partial charge in [0.25, 0.3) is 34.1 Å². The number of rotatable bonds is 66. The molecule has 3 amide bonds. The van der Waals surface area contributed by atoms with Crippen molar-refractivity contribution in [3.8, 4) is 0 Å². The molecule has 2 saturated heterocycles. The van der Waals surface area contributed by atoms with Crippen molar-refractivity contribution < 1.29 is 75.8 Å². The van der Waals surface area contributed by atoms with Crippen LogP contribution in [0.3, 0.4) is 0 Å². The van der Waals surface area contributed by atoms with Crippen LogP contribution in [0, 0.1) is 32.2 Å². The van der Waals surface area contributed by atoms with Crippen LogP contribution in [0.4, 0.5) is 15.0 Å². The summed E-state index contributed by atoms with van der Waals surface area (Å²) < 4.78 is 108. The molecule has 0 aromatic heterocycles. The van der Waals surface area contributed by atoms with Gasteiger partial charge >= 0.3 is 6.09 Å². The third-order valence-corrected chi connectivity index (χ3v) is 30.7. The van der Waals surface area contributed by atoms with Crippen LogP contribution in [-0.4, -0.2) is 255 Å². The number of sulfonamides is 1. The summed E-state index contributed by atoms with van der Waals surface area (Å²) in [6, 6.07) is 13.7. The van der Waals surface area contributed by atoms with Gasteiger partial charge in [0.2, 0.25) is 48.0 Å². The molecule has 2 aromatic carbocycles. The van der Waals surface area contributed by atoms with Gasteiger partial charge in [0.15, 0.2) is 0 Å². The Morgan fingerprint density at radius 3 is 1.38 bits per heavy atom. The molecule has 7 atom stereocenters. The van der Waals surface area contributed by atoms with Crippen LogP contribution in [-0.2, 0) is 65.3 Å². The molecule has 0 bridgehead atoms. The lowest BCUT2D eigenvalue weighted by molar-refractivity contribution is -0.121. The number of nitrogens with zero attached hydrogens (tertiary/aromatic N) is 10. The number of unbranched alkanes of at least 4 members (excludes halogenated alkanes) is 13. The molecule has 2 aromatic rings. The normalized spacial score (nSPS) is 15.6. The number of hydrogen-bond acceptors (Lipinski definition) is 22. The zero-order valence-electron chi connectivity index (χ0n) is 80.1. The zero-order chi connectivity index (χ0) is 93.6. The average molecular weight is 1880 g/mol. The minimum absolute atomic E-state index is 0. The lowest BCUT2D eigenvalue weighted by Crippen LogP contribution is -2.34. The number of ether oxygens (including phenoxy) is 2. The highest BCUT2D eigenvalue weighted by Crippen LogP contribution is 2.49. The predicted molar refractivity (Wildman–Crippen MR) is 518 cm³/mol. The van der Waals surface area contributed by atoms with Crippen LogP contribution in [0.5, 0.6) is 0 Å². The van der Waals surface area contributed by atoms with E-state index >= 15 is 0 Å². The second-order valence-corrected chi connectivity index (χ2v) is 42.7. The molecule has 2 fully saturated rings. The Hall–Kier alpha value is -3.98. The fourth-order valence-corrected chi connectivity index (χ4v) is 23.0. The maximum atomic E-state index is 13.1. The number of nitrogens with one attached hydrogen (secondary N) is 4. The van der Waals surface area contributed by atoms with Gasteiger partial charge in [-0.2, -0.15) is 11.8 Å². The third-order valence-electron chi connectivity index (χ3n) is 19.3. The van der Waals surface area contributed by atoms with Gasteiger partial charge in [-0.1, -0.05) is 89.0 Å². The Labute approximate surface area is 768 Å². The SMILES string of the molecule is [C-]#[N+]CCOP(OCCCCCCN(F)COC)N(CC)C(C)C.[C-]#[N+]CCOP(OCCCCCCNC(=O)CCCCC1SCC2CC(=O)NC21)N(C(C)C)C(C)C.[C-]#[N+]CCOP(OCCCCCCNC(=O)OC(C)(C)C)N(C(C)C)C(C)C.[C-]#[N+]CCOP(OCCCCCCNS(=O)(=O)c1cccc2c(N(C)C)cccc12)N(C(C)C)C(C)C.[HH].[HH]. The van der Waals surface area contributed by atoms with Crippen molar-refractivity contribution in [1.82, 2.24) is 44.5 Å². The van der Waals surface area contributed by atoms with Crippen molar-refractivity contribution in [2.45, 2.75) is 324 Å². The molecule has 4 rings (SSSR count). The van der Waals surface area contributed by atoms with Crippen LogP contribution in [0.1, 0.15) is 262 Å². The van der Waals surface area contributed by atoms with Gasteiger partial charge < -0.3 is 85.9 Å². The van der Waals surface area contributed by atoms with Crippen molar-refractivity contribution in [2.75, 3.05) is 150 Å². The number of halogens is 1. The van der Waals surface area contributed by atoms with E-state index in [4.69, 9.17) is 72.0 Å². The van der Waals surface area contributed by atoms with Crippen LogP contribution >= 0.6 is 45.9 Å². The summed E-state index contributed by atoms with van der Waals surface area (Å²) in [5.74, 6) is 1.96. The van der Waals surface area contributed by atoms with Crippen LogP contribution in [0.2, 0.25) is 0 Å². The number of carbonyl (C=O) groups is 3. The van der Waals surface area contributed by atoms with Gasteiger partial charge in [-0.15, -0.1) is 9.60 Å². The van der Waals surface area contributed by atoms with E-state index in [9.17, 15) is 27.3 Å². The maximum Gasteiger partial charge on any atom is 0.407 e. The van der Waals surface area contributed by atoms with Gasteiger partial charge in [0.05, 0.1) is 31.3 Å². The Kier molecular flexibility index (Phi) is 68.2. The predicted octanol–water partition coefficient (Wildman–Crippen LogP) is 21.3. The number of anilines is 1. The first kappa shape index (κ1) is 119. The molecule has 2 aliphatic heterocycles. The van der Waals surface area contributed by atoms with Crippen molar-refractivity contribution >= 4 is 90.3 Å². The summed E-state index contributed by atoms with van der Waals surface area (Å²) >= 11 is 1.99. The van der Waals surface area contributed by atoms with Gasteiger partial charge in [-0.3, -0.25) is 9.59 Å². The number of benzene rings is 2. The monoisotopic (exact) mass is 1880 g/mol. The van der Waals surface area contributed by atoms with Gasteiger partial charge in [-0.05, 0) is 206 Å². The summed E-state index contributed by atoms with van der Waals surface area (Å²) in [5.41, 5.74) is 0.526. The largest absolute Gasteiger partial charge is 0.444 e. The minimum atomic E-state index is -3.61. The molecule has 0 aliphatic carbocycles. The zero-order valence-corrected chi connectivity index (χ0v) is 85.3. The first-order chi connectivity index (χ1) is 59.6. The molecule has 2 heterocycles. The number of carbonyl (C=O) groups excluding carboxylic acids is 3. The molecule has 0 radical (unpaired) electrons. The quantitative estimate of drug-likeness (QED) is 0.0158. The number of thioether (sulfide) groups is 1. The molecule has 36 heteroatoms. The van der Waals surface area contributed by atoms with E-state index in [0.29, 0.717) is 169 Å². The summed E-state index contributed by atoms with van der Waals surface area (Å²) in [6.45, 7) is 73.7. The van der Waals surface area contributed by atoms with E-state index in [-0.39, 0.29) is 39.6 Å². The van der Waals surface area contributed by atoms with Gasteiger partial charge in [0.1, 0.15) is 38.8 Å². The first-order valence-corrected chi connectivity index (χ1v) is 52.5. The topological polar surface area (TPSA) is 263 Å². The molecule has 2 aliphatic rings. The van der Waals surface area contributed by atoms with E-state index in [1.807, 2.05) is 75.8 Å². The lowest BCUT2D eigenvalue weighted by atomic mass is 9.97. The average Bonchev–Trinajstić information content (AvgIpc) is 1.61. The number of fused-ring (bicyclic) bond motifs is 2. The summed E-state index contributed by atoms with van der Waals surface area (Å²) in [7, 11) is -2.84. The molecule has 125 heavy (non-hydrogen) atoms. The van der Waals surface area contributed by atoms with Crippen molar-refractivity contribution in [2.24, 2.45) is 5.92 Å². The Bertz CT molecular complexity index is 3440. The summed E-state index contributed by atoms with van der Waals surface area (Å²) in [4.78, 5) is 51.0. The Morgan fingerprint density at radius 2 is 0.960 bits per heavy atom. The fraction of sp³-hybridized carbons (Fsp3) is 0.809. The molecule has 7 unspecified atom stereocenters. The third kappa shape index (κ3) is 54.0. The van der Waals surface area contributed by atoms with Crippen molar-refractivity contribution in [3.05, 3.63) is 82.1 Å². The molecule has 0 spiro atoms. The van der Waals surface area contributed by atoms with Gasteiger partial charge in [-0.25, -0.2) is 62.9 Å². The molecule has 4 N–H and O–H groups in total. The number of methoxy groups -OCH3 is 1. The number of hydrogen-bond donors (Lipinski definition) is 4. The summed E-state index contributed by atoms with van der Waals surface area (Å²) in [6.07, 6.45) is 19.1. The highest BCUT2D eigenvalue weighted by Gasteiger charge is 2.43. The minimum Gasteiger partial charge on any atom is -0.444 e. The van der Waals surface area contributed by atoms with Crippen LogP contribution in [0.25, 0.3) is 30.2 Å². The molecular formula is C89H167FN14O15P4S2. The lowest BCUT2D eigenvalue weighted by Gasteiger charge is -2.35. The second-order valence-electron chi connectivity index (χ2n) is 33.8. The summed E-state index contributed by atoms with van der Waals surface area (Å²) in [5, 5.41) is 11.8. The first-order valence-electron chi connectivity index (χ1n) is 45.5. The highest BCUT2D eigenvalue weighted by molar-refractivity contribution is 8.00. The smallest absolute Gasteiger partial charge is 0.407 e. The van der Waals surface area contributed by atoms with E-state index in [1.165, 1.54) is 7.11 Å². The fourth-order valence-electron chi connectivity index (χ4n) is 13.7. The van der Waals surface area contributed by atoms with E-state index < -0.39 is 49.7 Å². The number of amides is 3. The Balaban J connectivity index is 0.